The average Bonchev–Trinajstić information content (AvgIpc) is 2.41. The summed E-state index contributed by atoms with van der Waals surface area (Å²) in [6.07, 6.45) is 11.3. The van der Waals surface area contributed by atoms with E-state index in [2.05, 4.69) is 33.0 Å². The van der Waals surface area contributed by atoms with Crippen LogP contribution in [0.5, 0.6) is 0 Å². The number of hydrogen-bond donors (Lipinski definition) is 1. The molecule has 0 unspecified atom stereocenters. The summed E-state index contributed by atoms with van der Waals surface area (Å²) in [5.74, 6) is 0. The van der Waals surface area contributed by atoms with Crippen LogP contribution in [0.15, 0.2) is 24.3 Å². The molecule has 96 valence electrons. The molecule has 0 saturated heterocycles. The van der Waals surface area contributed by atoms with E-state index in [1.165, 1.54) is 12.8 Å². The Kier molecular flexibility index (Phi) is 104. The molecule has 0 amide bonds. The van der Waals surface area contributed by atoms with E-state index in [0.717, 1.165) is 6.42 Å². The largest absolute Gasteiger partial charge is 0 e. The van der Waals surface area contributed by atoms with Crippen molar-refractivity contribution in [3.05, 3.63) is 44.3 Å². The first-order chi connectivity index (χ1) is 7.91. The summed E-state index contributed by atoms with van der Waals surface area (Å²) in [4.78, 5) is 0. The van der Waals surface area contributed by atoms with Gasteiger partial charge >= 0.3 is 33.9 Å². The maximum Gasteiger partial charge on any atom is 0 e. The molecule has 0 rings (SSSR count). The summed E-state index contributed by atoms with van der Waals surface area (Å²) in [7, 11) is 0. The number of allylic oxidation sites excluding steroid dienone is 3. The Morgan fingerprint density at radius 1 is 0.941 bits per heavy atom. The van der Waals surface area contributed by atoms with Crippen LogP contribution in [0.3, 0.4) is 0 Å². The standard InChI is InChI=1S/C9H16O.3CO.Fe/c1-2-3-4-5-6-7-8-9-10;3*1-2;/h5-8,10H,2-4,9H2,1H3;;;;/b6-5+,8-7+;;;;. The van der Waals surface area contributed by atoms with Gasteiger partial charge in [-0.1, -0.05) is 44.1 Å². The second-order valence-corrected chi connectivity index (χ2v) is 2.18. The summed E-state index contributed by atoms with van der Waals surface area (Å²) >= 11 is 0. The third kappa shape index (κ3) is 69.0. The van der Waals surface area contributed by atoms with E-state index < -0.39 is 0 Å². The second kappa shape index (κ2) is 59.2. The maximum absolute atomic E-state index is 8.35. The predicted octanol–water partition coefficient (Wildman–Crippen LogP) is 2.17. The Labute approximate surface area is 113 Å². The number of aliphatic hydroxyl groups is 1. The van der Waals surface area contributed by atoms with Gasteiger partial charge in [-0.15, -0.1) is 0 Å². The molecule has 0 aliphatic heterocycles. The molecule has 0 bridgehead atoms. The van der Waals surface area contributed by atoms with Crippen LogP contribution in [-0.4, -0.2) is 11.7 Å². The van der Waals surface area contributed by atoms with E-state index in [1.54, 1.807) is 6.08 Å². The zero-order valence-corrected chi connectivity index (χ0v) is 10.8. The first kappa shape index (κ1) is 29.8. The Morgan fingerprint density at radius 3 is 1.71 bits per heavy atom. The van der Waals surface area contributed by atoms with Gasteiger partial charge in [0, 0.05) is 17.1 Å². The van der Waals surface area contributed by atoms with E-state index in [1.807, 2.05) is 12.2 Å². The normalized spacial score (nSPS) is 7.29. The molecule has 0 aliphatic carbocycles. The van der Waals surface area contributed by atoms with Crippen LogP contribution >= 0.6 is 0 Å². The van der Waals surface area contributed by atoms with Crippen LogP contribution in [0.4, 0.5) is 0 Å². The van der Waals surface area contributed by atoms with Crippen LogP contribution in [0.1, 0.15) is 26.2 Å². The predicted molar refractivity (Wildman–Crippen MR) is 56.7 cm³/mol. The molecule has 0 aliphatic rings. The molecule has 0 aromatic carbocycles. The van der Waals surface area contributed by atoms with E-state index in [0.29, 0.717) is 0 Å². The topological polar surface area (TPSA) is 79.9 Å². The van der Waals surface area contributed by atoms with Crippen LogP contribution in [0.25, 0.3) is 0 Å². The summed E-state index contributed by atoms with van der Waals surface area (Å²) < 4.78 is 22.5. The number of unbranched alkanes of at least 4 members (excludes halogenated alkanes) is 2. The molecule has 1 N–H and O–H groups in total. The summed E-state index contributed by atoms with van der Waals surface area (Å²) in [6.45, 7) is 15.8. The van der Waals surface area contributed by atoms with Gasteiger partial charge in [0.25, 0.3) is 0 Å². The Hall–Kier alpha value is -0.821. The molecule has 4 nitrogen and oxygen atoms in total. The van der Waals surface area contributed by atoms with Crippen molar-refractivity contribution in [3.63, 3.8) is 0 Å². The van der Waals surface area contributed by atoms with Gasteiger partial charge in [-0.2, -0.15) is 0 Å². The third-order valence-corrected chi connectivity index (χ3v) is 1.21. The molecular weight excluding hydrogens is 264 g/mol. The van der Waals surface area contributed by atoms with Crippen molar-refractivity contribution in [2.24, 2.45) is 0 Å². The van der Waals surface area contributed by atoms with Gasteiger partial charge in [0.05, 0.1) is 6.61 Å². The van der Waals surface area contributed by atoms with Crippen LogP contribution in [0.2, 0.25) is 0 Å². The first-order valence-corrected chi connectivity index (χ1v) is 4.45. The molecule has 0 spiro atoms. The quantitative estimate of drug-likeness (QED) is 0.270. The van der Waals surface area contributed by atoms with Gasteiger partial charge in [0.15, 0.2) is 0 Å². The van der Waals surface area contributed by atoms with Gasteiger partial charge < -0.3 is 5.11 Å². The monoisotopic (exact) mass is 280 g/mol. The maximum atomic E-state index is 8.35. The van der Waals surface area contributed by atoms with E-state index in [4.69, 9.17) is 19.1 Å². The molecule has 0 atom stereocenters. The SMILES string of the molecule is CCCC/C=C/C=C/CO.[C-]#[O+].[C-]#[O+].[C-]#[O+].[Fe]. The smallest absolute Gasteiger partial charge is 0 e. The van der Waals surface area contributed by atoms with Gasteiger partial charge in [0.1, 0.15) is 0 Å². The van der Waals surface area contributed by atoms with Crippen molar-refractivity contribution in [3.8, 4) is 0 Å². The van der Waals surface area contributed by atoms with Gasteiger partial charge in [-0.25, -0.2) is 0 Å². The van der Waals surface area contributed by atoms with Crippen molar-refractivity contribution in [1.29, 1.82) is 0 Å². The Balaban J connectivity index is -0.0000000594. The fourth-order valence-electron chi connectivity index (χ4n) is 0.636. The molecule has 0 aromatic rings. The minimum atomic E-state index is 0. The molecule has 0 fully saturated rings. The van der Waals surface area contributed by atoms with E-state index >= 15 is 0 Å². The minimum Gasteiger partial charge on any atom is 0 e. The van der Waals surface area contributed by atoms with Crippen molar-refractivity contribution in [2.75, 3.05) is 6.61 Å². The summed E-state index contributed by atoms with van der Waals surface area (Å²) in [5, 5.41) is 8.35. The van der Waals surface area contributed by atoms with Gasteiger partial charge in [-0.05, 0) is 6.42 Å². The van der Waals surface area contributed by atoms with Crippen LogP contribution in [0, 0.1) is 20.0 Å². The fraction of sp³-hybridized carbons (Fsp3) is 0.417. The summed E-state index contributed by atoms with van der Waals surface area (Å²) in [6, 6.07) is 0. The Morgan fingerprint density at radius 2 is 1.35 bits per heavy atom. The van der Waals surface area contributed by atoms with Crippen LogP contribution in [-0.2, 0) is 31.0 Å². The van der Waals surface area contributed by atoms with Crippen LogP contribution < -0.4 is 0 Å². The fourth-order valence-corrected chi connectivity index (χ4v) is 0.636. The van der Waals surface area contributed by atoms with Crippen molar-refractivity contribution >= 4 is 0 Å². The average molecular weight is 280 g/mol. The van der Waals surface area contributed by atoms with E-state index in [-0.39, 0.29) is 23.7 Å². The Bertz CT molecular complexity index is 190. The molecule has 0 saturated carbocycles. The molecule has 5 heteroatoms. The molecule has 0 heterocycles. The van der Waals surface area contributed by atoms with Crippen molar-refractivity contribution < 1.29 is 36.1 Å². The first-order valence-electron chi connectivity index (χ1n) is 4.45. The van der Waals surface area contributed by atoms with Crippen molar-refractivity contribution in [1.82, 2.24) is 0 Å². The van der Waals surface area contributed by atoms with Crippen molar-refractivity contribution in [2.45, 2.75) is 26.2 Å². The van der Waals surface area contributed by atoms with Gasteiger partial charge in [-0.3, -0.25) is 0 Å². The van der Waals surface area contributed by atoms with E-state index in [9.17, 15) is 0 Å². The minimum absolute atomic E-state index is 0. The number of rotatable bonds is 5. The number of aliphatic hydroxyl groups excluding tert-OH is 1. The zero-order chi connectivity index (χ0) is 13.7. The third-order valence-electron chi connectivity index (χ3n) is 1.21. The second-order valence-electron chi connectivity index (χ2n) is 2.18. The number of hydrogen-bond acceptors (Lipinski definition) is 1. The zero-order valence-electron chi connectivity index (χ0n) is 9.66. The molecular formula is C12H16FeO4. The summed E-state index contributed by atoms with van der Waals surface area (Å²) in [5.41, 5.74) is 0. The molecule has 0 aromatic heterocycles. The van der Waals surface area contributed by atoms with Gasteiger partial charge in [0.2, 0.25) is 0 Å². The molecule has 17 heavy (non-hydrogen) atoms. The molecule has 0 radical (unpaired) electrons.